The van der Waals surface area contributed by atoms with E-state index in [-0.39, 0.29) is 29.7 Å². The average molecular weight is 433 g/mol. The summed E-state index contributed by atoms with van der Waals surface area (Å²) in [6.45, 7) is 5.91. The molecule has 3 N–H and O–H groups in total. The van der Waals surface area contributed by atoms with Crippen LogP contribution in [-0.4, -0.2) is 30.3 Å². The number of aliphatic imine (C=N–C) groups is 1. The third kappa shape index (κ3) is 6.45. The fourth-order valence-electron chi connectivity index (χ4n) is 2.68. The summed E-state index contributed by atoms with van der Waals surface area (Å²) in [6.07, 6.45) is 5.04. The zero-order valence-electron chi connectivity index (χ0n) is 14.0. The lowest BCUT2D eigenvalue weighted by molar-refractivity contribution is 0.318. The minimum atomic E-state index is 0. The Labute approximate surface area is 155 Å². The lowest BCUT2D eigenvalue weighted by Gasteiger charge is -2.16. The molecule has 0 amide bonds. The normalized spacial score (nSPS) is 15.1. The van der Waals surface area contributed by atoms with Crippen LogP contribution in [0.1, 0.15) is 45.1 Å². The SMILES string of the molecule is CCNC(=NCc1ccc(O)c(OCC)c1)NC1CCCC1.I. The van der Waals surface area contributed by atoms with Gasteiger partial charge in [0, 0.05) is 12.6 Å². The quantitative estimate of drug-likeness (QED) is 0.366. The molecule has 1 aromatic carbocycles. The van der Waals surface area contributed by atoms with E-state index in [9.17, 15) is 5.11 Å². The Balaban J connectivity index is 0.00000264. The first-order chi connectivity index (χ1) is 10.7. The number of phenolic OH excluding ortho intramolecular Hbond substituents is 1. The molecule has 1 fully saturated rings. The highest BCUT2D eigenvalue weighted by atomic mass is 127. The molecule has 0 aromatic heterocycles. The van der Waals surface area contributed by atoms with Crippen molar-refractivity contribution in [1.29, 1.82) is 0 Å². The van der Waals surface area contributed by atoms with Gasteiger partial charge in [0.1, 0.15) is 0 Å². The van der Waals surface area contributed by atoms with Gasteiger partial charge in [-0.25, -0.2) is 4.99 Å². The summed E-state index contributed by atoms with van der Waals surface area (Å²) in [7, 11) is 0. The summed E-state index contributed by atoms with van der Waals surface area (Å²) < 4.78 is 5.41. The Hall–Kier alpha value is -1.18. The lowest BCUT2D eigenvalue weighted by atomic mass is 10.2. The van der Waals surface area contributed by atoms with Gasteiger partial charge < -0.3 is 20.5 Å². The first-order valence-corrected chi connectivity index (χ1v) is 8.22. The van der Waals surface area contributed by atoms with Gasteiger partial charge in [-0.3, -0.25) is 0 Å². The molecule has 0 radical (unpaired) electrons. The minimum Gasteiger partial charge on any atom is -0.504 e. The average Bonchev–Trinajstić information content (AvgIpc) is 3.01. The predicted octanol–water partition coefficient (Wildman–Crippen LogP) is 3.41. The molecule has 1 aliphatic carbocycles. The third-order valence-corrected chi connectivity index (χ3v) is 3.78. The second kappa shape index (κ2) is 10.6. The molecule has 1 saturated carbocycles. The first-order valence-electron chi connectivity index (χ1n) is 8.22. The van der Waals surface area contributed by atoms with Crippen molar-refractivity contribution in [1.82, 2.24) is 10.6 Å². The third-order valence-electron chi connectivity index (χ3n) is 3.78. The largest absolute Gasteiger partial charge is 0.504 e. The molecule has 0 bridgehead atoms. The monoisotopic (exact) mass is 433 g/mol. The van der Waals surface area contributed by atoms with E-state index in [0.717, 1.165) is 18.1 Å². The van der Waals surface area contributed by atoms with E-state index in [1.165, 1.54) is 25.7 Å². The van der Waals surface area contributed by atoms with Crippen LogP contribution in [0, 0.1) is 0 Å². The summed E-state index contributed by atoms with van der Waals surface area (Å²) in [5.74, 6) is 1.55. The van der Waals surface area contributed by atoms with Gasteiger partial charge in [-0.1, -0.05) is 18.9 Å². The highest BCUT2D eigenvalue weighted by Gasteiger charge is 2.15. The standard InChI is InChI=1S/C17H27N3O2.HI/c1-3-18-17(20-14-7-5-6-8-14)19-12-13-9-10-15(21)16(11-13)22-4-2;/h9-11,14,21H,3-8,12H2,1-2H3,(H2,18,19,20);1H. The molecule has 6 heteroatoms. The van der Waals surface area contributed by atoms with Crippen LogP contribution in [0.2, 0.25) is 0 Å². The maximum atomic E-state index is 9.73. The summed E-state index contributed by atoms with van der Waals surface area (Å²) in [5.41, 5.74) is 1.02. The van der Waals surface area contributed by atoms with Crippen LogP contribution in [0.25, 0.3) is 0 Å². The summed E-state index contributed by atoms with van der Waals surface area (Å²) in [5, 5.41) is 16.5. The number of benzene rings is 1. The van der Waals surface area contributed by atoms with Gasteiger partial charge in [-0.05, 0) is 44.4 Å². The summed E-state index contributed by atoms with van der Waals surface area (Å²) in [4.78, 5) is 4.64. The molecule has 0 saturated heterocycles. The zero-order chi connectivity index (χ0) is 15.8. The Morgan fingerprint density at radius 1 is 1.30 bits per heavy atom. The molecule has 0 unspecified atom stereocenters. The van der Waals surface area contributed by atoms with Crippen LogP contribution in [0.5, 0.6) is 11.5 Å². The van der Waals surface area contributed by atoms with Crippen LogP contribution in [0.4, 0.5) is 0 Å². The number of aromatic hydroxyl groups is 1. The Morgan fingerprint density at radius 2 is 2.04 bits per heavy atom. The molecule has 130 valence electrons. The van der Waals surface area contributed by atoms with Crippen LogP contribution in [-0.2, 0) is 6.54 Å². The van der Waals surface area contributed by atoms with Gasteiger partial charge in [0.05, 0.1) is 13.2 Å². The van der Waals surface area contributed by atoms with E-state index < -0.39 is 0 Å². The Kier molecular flexibility index (Phi) is 9.13. The van der Waals surface area contributed by atoms with E-state index in [1.54, 1.807) is 6.07 Å². The van der Waals surface area contributed by atoms with Gasteiger partial charge in [0.25, 0.3) is 0 Å². The number of hydrogen-bond donors (Lipinski definition) is 3. The zero-order valence-corrected chi connectivity index (χ0v) is 16.3. The molecule has 0 aliphatic heterocycles. The molecule has 0 heterocycles. The molecule has 0 atom stereocenters. The number of nitrogens with zero attached hydrogens (tertiary/aromatic N) is 1. The van der Waals surface area contributed by atoms with Gasteiger partial charge in [0.15, 0.2) is 17.5 Å². The first kappa shape index (κ1) is 19.9. The number of ether oxygens (including phenoxy) is 1. The van der Waals surface area contributed by atoms with Crippen LogP contribution in [0.3, 0.4) is 0 Å². The summed E-state index contributed by atoms with van der Waals surface area (Å²) >= 11 is 0. The van der Waals surface area contributed by atoms with Gasteiger partial charge in [-0.2, -0.15) is 0 Å². The van der Waals surface area contributed by atoms with Crippen molar-refractivity contribution in [2.75, 3.05) is 13.2 Å². The highest BCUT2D eigenvalue weighted by molar-refractivity contribution is 14.0. The van der Waals surface area contributed by atoms with Crippen LogP contribution in [0.15, 0.2) is 23.2 Å². The van der Waals surface area contributed by atoms with Crippen molar-refractivity contribution >= 4 is 29.9 Å². The number of phenols is 1. The van der Waals surface area contributed by atoms with Crippen LogP contribution < -0.4 is 15.4 Å². The molecule has 0 spiro atoms. The van der Waals surface area contributed by atoms with Crippen molar-refractivity contribution in [3.05, 3.63) is 23.8 Å². The predicted molar refractivity (Wildman–Crippen MR) is 105 cm³/mol. The number of halogens is 1. The van der Waals surface area contributed by atoms with Crippen molar-refractivity contribution < 1.29 is 9.84 Å². The van der Waals surface area contributed by atoms with E-state index in [2.05, 4.69) is 22.5 Å². The maximum Gasteiger partial charge on any atom is 0.191 e. The second-order valence-corrected chi connectivity index (χ2v) is 5.56. The van der Waals surface area contributed by atoms with Gasteiger partial charge in [-0.15, -0.1) is 24.0 Å². The number of guanidine groups is 1. The molecular weight excluding hydrogens is 405 g/mol. The molecule has 23 heavy (non-hydrogen) atoms. The number of nitrogens with one attached hydrogen (secondary N) is 2. The Morgan fingerprint density at radius 3 is 2.70 bits per heavy atom. The number of rotatable bonds is 6. The fraction of sp³-hybridized carbons (Fsp3) is 0.588. The van der Waals surface area contributed by atoms with E-state index >= 15 is 0 Å². The van der Waals surface area contributed by atoms with Gasteiger partial charge in [0.2, 0.25) is 0 Å². The van der Waals surface area contributed by atoms with Crippen molar-refractivity contribution in [2.45, 2.75) is 52.1 Å². The lowest BCUT2D eigenvalue weighted by Crippen LogP contribution is -2.42. The van der Waals surface area contributed by atoms with E-state index in [1.807, 2.05) is 19.1 Å². The Bertz CT molecular complexity index is 503. The maximum absolute atomic E-state index is 9.73. The number of hydrogen-bond acceptors (Lipinski definition) is 3. The topological polar surface area (TPSA) is 65.9 Å². The molecule has 1 aromatic rings. The minimum absolute atomic E-state index is 0. The van der Waals surface area contributed by atoms with Crippen molar-refractivity contribution in [2.24, 2.45) is 4.99 Å². The van der Waals surface area contributed by atoms with E-state index in [4.69, 9.17) is 4.74 Å². The molecule has 5 nitrogen and oxygen atoms in total. The molecule has 1 aliphatic rings. The van der Waals surface area contributed by atoms with E-state index in [0.29, 0.717) is 24.9 Å². The van der Waals surface area contributed by atoms with Crippen molar-refractivity contribution in [3.8, 4) is 11.5 Å². The second-order valence-electron chi connectivity index (χ2n) is 5.56. The van der Waals surface area contributed by atoms with Crippen molar-refractivity contribution in [3.63, 3.8) is 0 Å². The fourth-order valence-corrected chi connectivity index (χ4v) is 2.68. The summed E-state index contributed by atoms with van der Waals surface area (Å²) in [6, 6.07) is 5.92. The molecule has 2 rings (SSSR count). The smallest absolute Gasteiger partial charge is 0.191 e. The molecular formula is C17H28IN3O2. The van der Waals surface area contributed by atoms with Gasteiger partial charge >= 0.3 is 0 Å². The van der Waals surface area contributed by atoms with Crippen LogP contribution >= 0.6 is 24.0 Å². The highest BCUT2D eigenvalue weighted by Crippen LogP contribution is 2.27.